The monoisotopic (exact) mass is 306 g/mol. The summed E-state index contributed by atoms with van der Waals surface area (Å²) in [6.45, 7) is 1.67. The van der Waals surface area contributed by atoms with Crippen LogP contribution >= 0.6 is 0 Å². The van der Waals surface area contributed by atoms with E-state index in [1.165, 1.54) is 6.92 Å². The number of carbonyl (C=O) groups is 1. The summed E-state index contributed by atoms with van der Waals surface area (Å²) < 4.78 is 75.0. The standard InChI is InChI=1S/C11H16F6N2O/c1-2-19(6-7-4-3-5-18-7)9(20)8(10(12,13)14)11(15,16)17/h7-8,18H,2-6H2,1H3. The summed E-state index contributed by atoms with van der Waals surface area (Å²) in [5.74, 6) is -5.88. The Morgan fingerprint density at radius 3 is 2.15 bits per heavy atom. The van der Waals surface area contributed by atoms with Gasteiger partial charge in [0.15, 0.2) is 0 Å². The predicted molar refractivity (Wildman–Crippen MR) is 58.9 cm³/mol. The Morgan fingerprint density at radius 1 is 1.25 bits per heavy atom. The molecule has 0 aromatic rings. The zero-order chi connectivity index (χ0) is 15.6. The number of likely N-dealkylation sites (N-methyl/N-ethyl adjacent to an activating group) is 1. The van der Waals surface area contributed by atoms with E-state index < -0.39 is 24.2 Å². The van der Waals surface area contributed by atoms with E-state index >= 15 is 0 Å². The fraction of sp³-hybridized carbons (Fsp3) is 0.909. The molecule has 1 fully saturated rings. The van der Waals surface area contributed by atoms with Crippen molar-refractivity contribution >= 4 is 5.91 Å². The van der Waals surface area contributed by atoms with Gasteiger partial charge in [0.05, 0.1) is 0 Å². The van der Waals surface area contributed by atoms with E-state index in [0.29, 0.717) is 17.9 Å². The molecular formula is C11H16F6N2O. The number of nitrogens with zero attached hydrogens (tertiary/aromatic N) is 1. The Hall–Kier alpha value is -0.990. The fourth-order valence-electron chi connectivity index (χ4n) is 2.20. The molecule has 1 heterocycles. The van der Waals surface area contributed by atoms with Crippen LogP contribution in [-0.2, 0) is 4.79 Å². The molecule has 0 radical (unpaired) electrons. The van der Waals surface area contributed by atoms with Crippen molar-refractivity contribution < 1.29 is 31.1 Å². The molecule has 1 atom stereocenters. The molecule has 1 N–H and O–H groups in total. The van der Waals surface area contributed by atoms with E-state index in [0.717, 1.165) is 6.42 Å². The van der Waals surface area contributed by atoms with Gasteiger partial charge in [-0.25, -0.2) is 0 Å². The van der Waals surface area contributed by atoms with Gasteiger partial charge in [-0.3, -0.25) is 4.79 Å². The van der Waals surface area contributed by atoms with Crippen molar-refractivity contribution in [1.82, 2.24) is 10.2 Å². The molecule has 1 aliphatic heterocycles. The Balaban J connectivity index is 2.85. The zero-order valence-electron chi connectivity index (χ0n) is 10.8. The van der Waals surface area contributed by atoms with Crippen molar-refractivity contribution in [3.05, 3.63) is 0 Å². The number of carbonyl (C=O) groups excluding carboxylic acids is 1. The second-order valence-corrected chi connectivity index (χ2v) is 4.69. The van der Waals surface area contributed by atoms with E-state index in [1.54, 1.807) is 0 Å². The largest absolute Gasteiger partial charge is 0.409 e. The maximum Gasteiger partial charge on any atom is 0.409 e. The summed E-state index contributed by atoms with van der Waals surface area (Å²) in [5, 5.41) is 2.94. The van der Waals surface area contributed by atoms with Gasteiger partial charge >= 0.3 is 12.4 Å². The third-order valence-electron chi connectivity index (χ3n) is 3.20. The van der Waals surface area contributed by atoms with Crippen molar-refractivity contribution in [2.75, 3.05) is 19.6 Å². The highest BCUT2D eigenvalue weighted by Crippen LogP contribution is 2.40. The topological polar surface area (TPSA) is 32.3 Å². The van der Waals surface area contributed by atoms with E-state index in [4.69, 9.17) is 0 Å². The van der Waals surface area contributed by atoms with Crippen LogP contribution < -0.4 is 5.32 Å². The number of amides is 1. The number of alkyl halides is 6. The molecule has 3 nitrogen and oxygen atoms in total. The minimum absolute atomic E-state index is 0.141. The molecule has 20 heavy (non-hydrogen) atoms. The second-order valence-electron chi connectivity index (χ2n) is 4.69. The smallest absolute Gasteiger partial charge is 0.341 e. The lowest BCUT2D eigenvalue weighted by Gasteiger charge is -2.30. The number of hydrogen-bond donors (Lipinski definition) is 1. The fourth-order valence-corrected chi connectivity index (χ4v) is 2.20. The van der Waals surface area contributed by atoms with Gasteiger partial charge in [0.2, 0.25) is 11.8 Å². The van der Waals surface area contributed by atoms with Gasteiger partial charge in [-0.2, -0.15) is 26.3 Å². The van der Waals surface area contributed by atoms with Gasteiger partial charge in [-0.15, -0.1) is 0 Å². The van der Waals surface area contributed by atoms with Crippen molar-refractivity contribution in [1.29, 1.82) is 0 Å². The van der Waals surface area contributed by atoms with Gasteiger partial charge in [0.1, 0.15) is 0 Å². The van der Waals surface area contributed by atoms with E-state index in [9.17, 15) is 31.1 Å². The number of nitrogens with one attached hydrogen (secondary N) is 1. The Kier molecular flexibility index (Phi) is 5.28. The van der Waals surface area contributed by atoms with Crippen molar-refractivity contribution in [2.24, 2.45) is 5.92 Å². The van der Waals surface area contributed by atoms with E-state index in [1.807, 2.05) is 0 Å². The Morgan fingerprint density at radius 2 is 1.80 bits per heavy atom. The highest BCUT2D eigenvalue weighted by molar-refractivity contribution is 5.80. The van der Waals surface area contributed by atoms with Crippen LogP contribution in [0, 0.1) is 5.92 Å². The molecule has 0 aromatic heterocycles. The van der Waals surface area contributed by atoms with Crippen LogP contribution in [0.4, 0.5) is 26.3 Å². The Bertz CT molecular complexity index is 321. The molecule has 118 valence electrons. The van der Waals surface area contributed by atoms with Gasteiger partial charge < -0.3 is 10.2 Å². The molecule has 1 saturated heterocycles. The molecule has 1 unspecified atom stereocenters. The van der Waals surface area contributed by atoms with Gasteiger partial charge in [-0.05, 0) is 26.3 Å². The van der Waals surface area contributed by atoms with Crippen LogP contribution in [0.1, 0.15) is 19.8 Å². The first-order valence-corrected chi connectivity index (χ1v) is 6.23. The number of rotatable bonds is 4. The van der Waals surface area contributed by atoms with Gasteiger partial charge in [-0.1, -0.05) is 0 Å². The molecule has 0 aromatic carbocycles. The summed E-state index contributed by atoms with van der Waals surface area (Å²) in [7, 11) is 0. The lowest BCUT2D eigenvalue weighted by atomic mass is 10.1. The van der Waals surface area contributed by atoms with E-state index in [-0.39, 0.29) is 19.1 Å². The highest BCUT2D eigenvalue weighted by atomic mass is 19.4. The number of hydrogen-bond acceptors (Lipinski definition) is 2. The normalized spacial score (nSPS) is 20.5. The van der Waals surface area contributed by atoms with Crippen molar-refractivity contribution in [3.63, 3.8) is 0 Å². The van der Waals surface area contributed by atoms with Crippen LogP contribution in [0.15, 0.2) is 0 Å². The SMILES string of the molecule is CCN(CC1CCCN1)C(=O)C(C(F)(F)F)C(F)(F)F. The third kappa shape index (κ3) is 4.26. The first-order valence-electron chi connectivity index (χ1n) is 6.23. The molecule has 0 saturated carbocycles. The molecule has 9 heteroatoms. The van der Waals surface area contributed by atoms with Crippen molar-refractivity contribution in [2.45, 2.75) is 38.2 Å². The maximum absolute atomic E-state index is 12.5. The van der Waals surface area contributed by atoms with Crippen LogP contribution in [-0.4, -0.2) is 48.8 Å². The lowest BCUT2D eigenvalue weighted by molar-refractivity contribution is -0.277. The average molecular weight is 306 g/mol. The summed E-state index contributed by atoms with van der Waals surface area (Å²) in [6.07, 6.45) is -9.84. The molecule has 0 aliphatic carbocycles. The molecular weight excluding hydrogens is 290 g/mol. The number of halogens is 6. The van der Waals surface area contributed by atoms with Crippen LogP contribution in [0.25, 0.3) is 0 Å². The minimum atomic E-state index is -5.63. The minimum Gasteiger partial charge on any atom is -0.341 e. The highest BCUT2D eigenvalue weighted by Gasteiger charge is 2.62. The molecule has 1 amide bonds. The van der Waals surface area contributed by atoms with Gasteiger partial charge in [0.25, 0.3) is 0 Å². The first-order chi connectivity index (χ1) is 9.07. The Labute approximate surface area is 112 Å². The molecule has 1 rings (SSSR count). The molecule has 0 bridgehead atoms. The molecule has 1 aliphatic rings. The lowest BCUT2D eigenvalue weighted by Crippen LogP contribution is -2.52. The van der Waals surface area contributed by atoms with Gasteiger partial charge in [0, 0.05) is 19.1 Å². The zero-order valence-corrected chi connectivity index (χ0v) is 10.8. The predicted octanol–water partition coefficient (Wildman–Crippen LogP) is 2.33. The molecule has 0 spiro atoms. The van der Waals surface area contributed by atoms with Crippen LogP contribution in [0.5, 0.6) is 0 Å². The summed E-state index contributed by atoms with van der Waals surface area (Å²) in [6, 6.07) is -0.249. The third-order valence-corrected chi connectivity index (χ3v) is 3.20. The average Bonchev–Trinajstić information content (AvgIpc) is 2.73. The summed E-state index contributed by atoms with van der Waals surface area (Å²) in [5.41, 5.74) is 0. The maximum atomic E-state index is 12.5. The van der Waals surface area contributed by atoms with E-state index in [2.05, 4.69) is 5.32 Å². The van der Waals surface area contributed by atoms with Crippen LogP contribution in [0.2, 0.25) is 0 Å². The van der Waals surface area contributed by atoms with Crippen molar-refractivity contribution in [3.8, 4) is 0 Å². The van der Waals surface area contributed by atoms with Crippen LogP contribution in [0.3, 0.4) is 0 Å². The summed E-state index contributed by atoms with van der Waals surface area (Å²) >= 11 is 0. The first kappa shape index (κ1) is 17.1. The quantitative estimate of drug-likeness (QED) is 0.809. The second kappa shape index (κ2) is 6.19. The summed E-state index contributed by atoms with van der Waals surface area (Å²) in [4.78, 5) is 12.2.